The van der Waals surface area contributed by atoms with Gasteiger partial charge in [0.25, 0.3) is 0 Å². The number of hydrogen-bond acceptors (Lipinski definition) is 3. The average molecular weight is 340 g/mol. The van der Waals surface area contributed by atoms with Crippen LogP contribution in [0, 0.1) is 0 Å². The van der Waals surface area contributed by atoms with Crippen molar-refractivity contribution in [3.8, 4) is 0 Å². The molecule has 0 bridgehead atoms. The zero-order chi connectivity index (χ0) is 14.5. The van der Waals surface area contributed by atoms with Crippen molar-refractivity contribution in [3.05, 3.63) is 34.3 Å². The third-order valence-electron chi connectivity index (χ3n) is 3.69. The largest absolute Gasteiger partial charge is 0.336 e. The van der Waals surface area contributed by atoms with E-state index in [4.69, 9.17) is 0 Å². The average Bonchev–Trinajstić information content (AvgIpc) is 2.45. The SMILES string of the molecule is CCC(=O)NC(c1cccc(Br)c1)N1CCN(C)CC1. The molecule has 1 heterocycles. The van der Waals surface area contributed by atoms with Crippen LogP contribution >= 0.6 is 15.9 Å². The molecule has 0 radical (unpaired) electrons. The molecule has 4 nitrogen and oxygen atoms in total. The Morgan fingerprint density at radius 3 is 2.65 bits per heavy atom. The smallest absolute Gasteiger partial charge is 0.221 e. The number of likely N-dealkylation sites (N-methyl/N-ethyl adjacent to an activating group) is 1. The number of piperazine rings is 1. The molecule has 5 heteroatoms. The summed E-state index contributed by atoms with van der Waals surface area (Å²) in [5, 5.41) is 3.14. The lowest BCUT2D eigenvalue weighted by Crippen LogP contribution is -2.50. The Morgan fingerprint density at radius 2 is 2.05 bits per heavy atom. The molecule has 1 saturated heterocycles. The minimum absolute atomic E-state index is 0.0337. The molecule has 1 aromatic carbocycles. The fourth-order valence-electron chi connectivity index (χ4n) is 2.40. The molecular formula is C15H22BrN3O. The van der Waals surface area contributed by atoms with Gasteiger partial charge in [-0.3, -0.25) is 9.69 Å². The van der Waals surface area contributed by atoms with Crippen molar-refractivity contribution in [3.63, 3.8) is 0 Å². The number of hydrogen-bond donors (Lipinski definition) is 1. The van der Waals surface area contributed by atoms with Crippen LogP contribution in [0.25, 0.3) is 0 Å². The molecule has 0 aliphatic carbocycles. The Morgan fingerprint density at radius 1 is 1.35 bits per heavy atom. The van der Waals surface area contributed by atoms with E-state index in [1.165, 1.54) is 0 Å². The third kappa shape index (κ3) is 4.04. The van der Waals surface area contributed by atoms with Gasteiger partial charge in [-0.25, -0.2) is 0 Å². The second-order valence-electron chi connectivity index (χ2n) is 5.22. The monoisotopic (exact) mass is 339 g/mol. The Kier molecular flexibility index (Phi) is 5.57. The predicted molar refractivity (Wildman–Crippen MR) is 84.4 cm³/mol. The molecule has 1 aliphatic rings. The first-order chi connectivity index (χ1) is 9.60. The van der Waals surface area contributed by atoms with Crippen LogP contribution in [0.15, 0.2) is 28.7 Å². The van der Waals surface area contributed by atoms with Gasteiger partial charge < -0.3 is 10.2 Å². The van der Waals surface area contributed by atoms with Crippen molar-refractivity contribution >= 4 is 21.8 Å². The van der Waals surface area contributed by atoms with E-state index in [9.17, 15) is 4.79 Å². The molecule has 1 fully saturated rings. The van der Waals surface area contributed by atoms with Crippen LogP contribution in [0.3, 0.4) is 0 Å². The van der Waals surface area contributed by atoms with E-state index in [0.29, 0.717) is 6.42 Å². The first kappa shape index (κ1) is 15.5. The molecule has 0 saturated carbocycles. The number of nitrogens with one attached hydrogen (secondary N) is 1. The zero-order valence-electron chi connectivity index (χ0n) is 12.1. The fraction of sp³-hybridized carbons (Fsp3) is 0.533. The molecule has 1 aliphatic heterocycles. The minimum Gasteiger partial charge on any atom is -0.336 e. The first-order valence-corrected chi connectivity index (χ1v) is 7.87. The van der Waals surface area contributed by atoms with Gasteiger partial charge >= 0.3 is 0 Å². The van der Waals surface area contributed by atoms with E-state index in [2.05, 4.69) is 50.2 Å². The van der Waals surface area contributed by atoms with Crippen LogP contribution in [0.2, 0.25) is 0 Å². The summed E-state index contributed by atoms with van der Waals surface area (Å²) >= 11 is 3.51. The predicted octanol–water partition coefficient (Wildman–Crippen LogP) is 2.22. The van der Waals surface area contributed by atoms with Gasteiger partial charge in [-0.05, 0) is 24.7 Å². The number of rotatable bonds is 4. The number of halogens is 1. The van der Waals surface area contributed by atoms with Crippen LogP contribution < -0.4 is 5.32 Å². The normalized spacial score (nSPS) is 18.8. The van der Waals surface area contributed by atoms with Crippen molar-refractivity contribution in [2.75, 3.05) is 33.2 Å². The van der Waals surface area contributed by atoms with Gasteiger partial charge in [0.2, 0.25) is 5.91 Å². The summed E-state index contributed by atoms with van der Waals surface area (Å²) < 4.78 is 1.04. The van der Waals surface area contributed by atoms with Crippen molar-refractivity contribution in [1.29, 1.82) is 0 Å². The van der Waals surface area contributed by atoms with E-state index >= 15 is 0 Å². The summed E-state index contributed by atoms with van der Waals surface area (Å²) in [6.45, 7) is 5.89. The Hall–Kier alpha value is -0.910. The van der Waals surface area contributed by atoms with Gasteiger partial charge in [-0.2, -0.15) is 0 Å². The summed E-state index contributed by atoms with van der Waals surface area (Å²) in [6.07, 6.45) is 0.478. The van der Waals surface area contributed by atoms with Crippen molar-refractivity contribution in [2.45, 2.75) is 19.5 Å². The molecule has 0 aromatic heterocycles. The van der Waals surface area contributed by atoms with Gasteiger partial charge in [0.15, 0.2) is 0 Å². The summed E-state index contributed by atoms with van der Waals surface area (Å²) in [7, 11) is 2.13. The lowest BCUT2D eigenvalue weighted by atomic mass is 10.1. The van der Waals surface area contributed by atoms with Crippen molar-refractivity contribution in [1.82, 2.24) is 15.1 Å². The maximum Gasteiger partial charge on any atom is 0.221 e. The van der Waals surface area contributed by atoms with Crippen molar-refractivity contribution < 1.29 is 4.79 Å². The molecule has 20 heavy (non-hydrogen) atoms. The molecule has 1 aromatic rings. The molecule has 1 N–H and O–H groups in total. The Bertz CT molecular complexity index is 458. The van der Waals surface area contributed by atoms with E-state index in [-0.39, 0.29) is 12.1 Å². The van der Waals surface area contributed by atoms with Crippen LogP contribution in [-0.4, -0.2) is 48.9 Å². The molecule has 1 amide bonds. The zero-order valence-corrected chi connectivity index (χ0v) is 13.7. The van der Waals surface area contributed by atoms with E-state index in [0.717, 1.165) is 36.2 Å². The quantitative estimate of drug-likeness (QED) is 0.913. The second-order valence-corrected chi connectivity index (χ2v) is 6.13. The Labute approximate surface area is 129 Å². The van der Waals surface area contributed by atoms with Crippen molar-refractivity contribution in [2.24, 2.45) is 0 Å². The maximum absolute atomic E-state index is 11.8. The number of carbonyl (C=O) groups is 1. The lowest BCUT2D eigenvalue weighted by Gasteiger charge is -2.38. The molecule has 0 spiro atoms. The van der Waals surface area contributed by atoms with Gasteiger partial charge in [0, 0.05) is 37.1 Å². The van der Waals surface area contributed by atoms with E-state index < -0.39 is 0 Å². The van der Waals surface area contributed by atoms with Crippen LogP contribution in [0.5, 0.6) is 0 Å². The number of benzene rings is 1. The van der Waals surface area contributed by atoms with Gasteiger partial charge in [-0.1, -0.05) is 35.0 Å². The fourth-order valence-corrected chi connectivity index (χ4v) is 2.81. The minimum atomic E-state index is -0.0337. The van der Waals surface area contributed by atoms with Gasteiger partial charge in [-0.15, -0.1) is 0 Å². The number of amides is 1. The summed E-state index contributed by atoms with van der Waals surface area (Å²) in [4.78, 5) is 16.5. The third-order valence-corrected chi connectivity index (χ3v) is 4.18. The highest BCUT2D eigenvalue weighted by molar-refractivity contribution is 9.10. The van der Waals surface area contributed by atoms with Crippen LogP contribution in [-0.2, 0) is 4.79 Å². The molecule has 1 unspecified atom stereocenters. The highest BCUT2D eigenvalue weighted by Gasteiger charge is 2.24. The Balaban J connectivity index is 2.18. The summed E-state index contributed by atoms with van der Waals surface area (Å²) in [5.74, 6) is 0.0916. The van der Waals surface area contributed by atoms with E-state index in [1.54, 1.807) is 0 Å². The molecular weight excluding hydrogens is 318 g/mol. The summed E-state index contributed by atoms with van der Waals surface area (Å²) in [6, 6.07) is 8.18. The number of nitrogens with zero attached hydrogens (tertiary/aromatic N) is 2. The molecule has 110 valence electrons. The van der Waals surface area contributed by atoms with E-state index in [1.807, 2.05) is 19.1 Å². The lowest BCUT2D eigenvalue weighted by molar-refractivity contribution is -0.123. The topological polar surface area (TPSA) is 35.6 Å². The molecule has 1 atom stereocenters. The highest BCUT2D eigenvalue weighted by Crippen LogP contribution is 2.22. The van der Waals surface area contributed by atoms with Crippen LogP contribution in [0.4, 0.5) is 0 Å². The second kappa shape index (κ2) is 7.20. The van der Waals surface area contributed by atoms with Gasteiger partial charge in [0.1, 0.15) is 6.17 Å². The number of carbonyl (C=O) groups excluding carboxylic acids is 1. The van der Waals surface area contributed by atoms with Crippen LogP contribution in [0.1, 0.15) is 25.1 Å². The van der Waals surface area contributed by atoms with Gasteiger partial charge in [0.05, 0.1) is 0 Å². The molecule has 2 rings (SSSR count). The first-order valence-electron chi connectivity index (χ1n) is 7.07. The summed E-state index contributed by atoms with van der Waals surface area (Å²) in [5.41, 5.74) is 1.13. The highest BCUT2D eigenvalue weighted by atomic mass is 79.9. The maximum atomic E-state index is 11.8. The standard InChI is InChI=1S/C15H22BrN3O/c1-3-14(20)17-15(12-5-4-6-13(16)11-12)19-9-7-18(2)8-10-19/h4-6,11,15H,3,7-10H2,1-2H3,(H,17,20).